The van der Waals surface area contributed by atoms with Gasteiger partial charge in [-0.05, 0) is 6.92 Å². The molecule has 0 heterocycles. The second kappa shape index (κ2) is 12.6. The Bertz CT molecular complexity index is 553. The predicted octanol–water partition coefficient (Wildman–Crippen LogP) is 0.951. The van der Waals surface area contributed by atoms with Gasteiger partial charge in [-0.3, -0.25) is 9.59 Å². The third-order valence-corrected chi connectivity index (χ3v) is 2.84. The molecule has 0 atom stereocenters. The summed E-state index contributed by atoms with van der Waals surface area (Å²) in [7, 11) is 0. The summed E-state index contributed by atoms with van der Waals surface area (Å²) in [5, 5.41) is 16.0. The molecule has 0 aromatic carbocycles. The van der Waals surface area contributed by atoms with Crippen LogP contribution in [0.3, 0.4) is 0 Å². The Morgan fingerprint density at radius 2 is 1.29 bits per heavy atom. The molecule has 0 saturated carbocycles. The molecule has 1 radical (unpaired) electrons. The van der Waals surface area contributed by atoms with Crippen LogP contribution in [0.2, 0.25) is 0 Å². The van der Waals surface area contributed by atoms with Gasteiger partial charge in [-0.2, -0.15) is 10.5 Å². The van der Waals surface area contributed by atoms with E-state index in [-0.39, 0.29) is 80.2 Å². The number of carbonyl (C=O) groups excluding carboxylic acids is 3. The number of hydrogen-bond acceptors (Lipinski definition) is 5. The van der Waals surface area contributed by atoms with Crippen molar-refractivity contribution in [1.29, 1.82) is 10.5 Å². The van der Waals surface area contributed by atoms with Crippen LogP contribution in [0.15, 0.2) is 21.2 Å². The summed E-state index contributed by atoms with van der Waals surface area (Å²) in [6, 6.07) is 2.89. The van der Waals surface area contributed by atoms with Crippen LogP contribution in [0, 0.1) is 22.7 Å². The average molecular weight is 450 g/mol. The molecule has 0 bridgehead atoms. The molecule has 0 amide bonds. The standard InChI is InChI=1S/C8Cl2N2O2.C4H8O.Cs.H2O/c9-5-6(10)8(14)4(2-12)3(1-11)7(5)13;1-3-4(2)5;;/h;3H2,1-2H3;;1H2. The van der Waals surface area contributed by atoms with Crippen molar-refractivity contribution in [3.05, 3.63) is 21.2 Å². The van der Waals surface area contributed by atoms with E-state index in [4.69, 9.17) is 33.7 Å². The van der Waals surface area contributed by atoms with Crippen molar-refractivity contribution in [3.8, 4) is 12.1 Å². The van der Waals surface area contributed by atoms with Gasteiger partial charge in [0.1, 0.15) is 39.1 Å². The number of halogens is 2. The van der Waals surface area contributed by atoms with E-state index in [1.54, 1.807) is 6.92 Å². The molecule has 0 spiro atoms. The molecule has 0 saturated heterocycles. The summed E-state index contributed by atoms with van der Waals surface area (Å²) in [5.41, 5.74) is -1.13. The SMILES string of the molecule is CCC(C)=O.N#CC1=C(C#N)C(=O)C(Cl)=C(Cl)C1=O.O.[Cs]. The minimum Gasteiger partial charge on any atom is -0.412 e. The first-order valence-electron chi connectivity index (χ1n) is 5.00. The summed E-state index contributed by atoms with van der Waals surface area (Å²) >= 11 is 10.8. The van der Waals surface area contributed by atoms with Crippen molar-refractivity contribution < 1.29 is 19.9 Å². The first kappa shape index (κ1) is 26.0. The molecule has 0 aromatic rings. The molecule has 107 valence electrons. The number of allylic oxidation sites excluding steroid dienone is 4. The van der Waals surface area contributed by atoms with Crippen molar-refractivity contribution >= 4 is 109 Å². The maximum atomic E-state index is 11.2. The van der Waals surface area contributed by atoms with E-state index in [9.17, 15) is 14.4 Å². The average Bonchev–Trinajstić information content (AvgIpc) is 2.40. The molecule has 9 heteroatoms. The van der Waals surface area contributed by atoms with Gasteiger partial charge in [-0.25, -0.2) is 0 Å². The van der Waals surface area contributed by atoms with Gasteiger partial charge in [0.2, 0.25) is 11.6 Å². The van der Waals surface area contributed by atoms with Crippen LogP contribution in [0.1, 0.15) is 20.3 Å². The summed E-state index contributed by atoms with van der Waals surface area (Å²) < 4.78 is 0. The number of nitriles is 2. The zero-order chi connectivity index (χ0) is 15.2. The van der Waals surface area contributed by atoms with Crippen LogP contribution in [0.25, 0.3) is 0 Å². The van der Waals surface area contributed by atoms with Crippen molar-refractivity contribution in [3.63, 3.8) is 0 Å². The van der Waals surface area contributed by atoms with Gasteiger partial charge in [0.25, 0.3) is 0 Å². The number of ketones is 3. The Morgan fingerprint density at radius 1 is 1.05 bits per heavy atom. The van der Waals surface area contributed by atoms with E-state index < -0.39 is 32.8 Å². The summed E-state index contributed by atoms with van der Waals surface area (Å²) in [5.74, 6) is -1.53. The van der Waals surface area contributed by atoms with E-state index in [0.29, 0.717) is 6.42 Å². The summed E-state index contributed by atoms with van der Waals surface area (Å²) in [6.07, 6.45) is 0.667. The number of Topliss-reactive ketones (excluding diaryl/α,β-unsaturated/α-hetero) is 3. The first-order chi connectivity index (χ1) is 8.81. The topological polar surface area (TPSA) is 130 Å². The Hall–Kier alpha value is 0.0619. The zero-order valence-electron chi connectivity index (χ0n) is 11.6. The zero-order valence-corrected chi connectivity index (χ0v) is 19.4. The maximum absolute atomic E-state index is 11.2. The molecule has 0 aliphatic heterocycles. The fourth-order valence-electron chi connectivity index (χ4n) is 0.859. The minimum atomic E-state index is -0.893. The molecule has 2 N–H and O–H groups in total. The van der Waals surface area contributed by atoms with Crippen molar-refractivity contribution in [2.75, 3.05) is 0 Å². The van der Waals surface area contributed by atoms with E-state index in [1.807, 2.05) is 6.92 Å². The van der Waals surface area contributed by atoms with Crippen molar-refractivity contribution in [2.45, 2.75) is 20.3 Å². The molecule has 21 heavy (non-hydrogen) atoms. The molecule has 1 aliphatic rings. The third-order valence-electron chi connectivity index (χ3n) is 2.02. The first-order valence-corrected chi connectivity index (χ1v) is 5.75. The van der Waals surface area contributed by atoms with Crippen LogP contribution < -0.4 is 0 Å². The second-order valence-electron chi connectivity index (χ2n) is 3.32. The molecule has 0 aromatic heterocycles. The monoisotopic (exact) mass is 449 g/mol. The van der Waals surface area contributed by atoms with E-state index in [0.717, 1.165) is 0 Å². The van der Waals surface area contributed by atoms with Gasteiger partial charge in [0.05, 0.1) is 0 Å². The normalized spacial score (nSPS) is 13.0. The number of rotatable bonds is 1. The second-order valence-corrected chi connectivity index (χ2v) is 4.07. The van der Waals surface area contributed by atoms with E-state index in [2.05, 4.69) is 0 Å². The smallest absolute Gasteiger partial charge is 0.218 e. The van der Waals surface area contributed by atoms with Gasteiger partial charge in [0, 0.05) is 75.3 Å². The molecular formula is C12H10Cl2CsN2O4. The van der Waals surface area contributed by atoms with Crippen LogP contribution in [0.4, 0.5) is 0 Å². The van der Waals surface area contributed by atoms with Crippen LogP contribution in [-0.2, 0) is 14.4 Å². The summed E-state index contributed by atoms with van der Waals surface area (Å²) in [4.78, 5) is 32.3. The number of nitrogens with zero attached hydrogens (tertiary/aromatic N) is 2. The predicted molar refractivity (Wildman–Crippen MR) is 77.3 cm³/mol. The van der Waals surface area contributed by atoms with Crippen molar-refractivity contribution in [2.24, 2.45) is 0 Å². The summed E-state index contributed by atoms with van der Waals surface area (Å²) in [6.45, 7) is 3.43. The van der Waals surface area contributed by atoms with E-state index in [1.165, 1.54) is 12.1 Å². The Labute approximate surface area is 190 Å². The van der Waals surface area contributed by atoms with Gasteiger partial charge in [-0.1, -0.05) is 30.1 Å². The fourth-order valence-corrected chi connectivity index (χ4v) is 1.22. The molecule has 0 unspecified atom stereocenters. The molecule has 1 rings (SSSR count). The Balaban J connectivity index is -0.000000405. The Kier molecular flexibility index (Phi) is 15.6. The van der Waals surface area contributed by atoms with Crippen LogP contribution >= 0.6 is 23.2 Å². The Morgan fingerprint density at radius 3 is 1.43 bits per heavy atom. The van der Waals surface area contributed by atoms with Crippen molar-refractivity contribution in [1.82, 2.24) is 0 Å². The van der Waals surface area contributed by atoms with Gasteiger partial charge >= 0.3 is 0 Å². The number of hydrogen-bond donors (Lipinski definition) is 0. The quantitative estimate of drug-likeness (QED) is 0.550. The van der Waals surface area contributed by atoms with Gasteiger partial charge in [-0.15, -0.1) is 0 Å². The molecule has 1 aliphatic carbocycles. The fraction of sp³-hybridized carbons (Fsp3) is 0.250. The van der Waals surface area contributed by atoms with Gasteiger partial charge in [0.15, 0.2) is 0 Å². The molecular weight excluding hydrogens is 440 g/mol. The minimum absolute atomic E-state index is 0. The van der Waals surface area contributed by atoms with Crippen LogP contribution in [0.5, 0.6) is 0 Å². The largest absolute Gasteiger partial charge is 0.412 e. The van der Waals surface area contributed by atoms with E-state index >= 15 is 0 Å². The maximum Gasteiger partial charge on any atom is 0.218 e. The molecule has 6 nitrogen and oxygen atoms in total. The third kappa shape index (κ3) is 7.24. The van der Waals surface area contributed by atoms with Gasteiger partial charge < -0.3 is 10.3 Å². The van der Waals surface area contributed by atoms with Crippen LogP contribution in [-0.4, -0.2) is 91.7 Å². The number of carbonyl (C=O) groups is 3. The molecule has 0 fully saturated rings.